The van der Waals surface area contributed by atoms with Gasteiger partial charge in [-0.25, -0.2) is 9.63 Å². The number of nitrogens with one attached hydrogen (secondary N) is 1. The first-order valence-corrected chi connectivity index (χ1v) is 12.7. The molecule has 0 spiro atoms. The summed E-state index contributed by atoms with van der Waals surface area (Å²) in [5, 5.41) is 21.8. The van der Waals surface area contributed by atoms with Gasteiger partial charge in [0.05, 0.1) is 6.54 Å². The number of nitrogens with zero attached hydrogens (tertiary/aromatic N) is 1. The third kappa shape index (κ3) is 5.29. The minimum absolute atomic E-state index is 0.221. The van der Waals surface area contributed by atoms with Crippen LogP contribution in [-0.2, 0) is 13.0 Å². The average molecular weight is 523 g/mol. The minimum Gasteiger partial charge on any atom is -0.508 e. The fraction of sp³-hybridized carbons (Fsp3) is 0.0938. The van der Waals surface area contributed by atoms with Crippen LogP contribution in [-0.4, -0.2) is 16.2 Å². The Morgan fingerprint density at radius 1 is 0.816 bits per heavy atom. The molecular formula is C32H27ClN2O3. The quantitative estimate of drug-likeness (QED) is 0.200. The van der Waals surface area contributed by atoms with Gasteiger partial charge in [-0.3, -0.25) is 4.90 Å². The molecular weight excluding hydrogens is 496 g/mol. The van der Waals surface area contributed by atoms with Gasteiger partial charge in [0.2, 0.25) is 0 Å². The summed E-state index contributed by atoms with van der Waals surface area (Å²) in [6.07, 6.45) is 0.669. The van der Waals surface area contributed by atoms with E-state index < -0.39 is 0 Å². The molecule has 0 heterocycles. The molecule has 5 aromatic rings. The molecule has 0 aliphatic heterocycles. The first kappa shape index (κ1) is 25.2. The molecule has 2 amide bonds. The third-order valence-corrected chi connectivity index (χ3v) is 6.93. The Kier molecular flexibility index (Phi) is 7.20. The predicted octanol–water partition coefficient (Wildman–Crippen LogP) is 7.69. The Labute approximate surface area is 226 Å². The molecule has 0 fully saturated rings. The summed E-state index contributed by atoms with van der Waals surface area (Å²) in [7, 11) is 0. The van der Waals surface area contributed by atoms with Crippen molar-refractivity contribution >= 4 is 34.3 Å². The second-order valence-electron chi connectivity index (χ2n) is 9.31. The number of carbonyl (C=O) groups is 1. The average Bonchev–Trinajstić information content (AvgIpc) is 2.93. The fourth-order valence-corrected chi connectivity index (χ4v) is 4.92. The van der Waals surface area contributed by atoms with Crippen molar-refractivity contribution in [1.29, 1.82) is 0 Å². The molecule has 0 saturated heterocycles. The highest BCUT2D eigenvalue weighted by Gasteiger charge is 2.18. The summed E-state index contributed by atoms with van der Waals surface area (Å²) in [6.45, 7) is 2.33. The SMILES string of the molecule is Cc1ccccc1N(Cc1ccc(Cc2c(-c3ccc(O)cc3)ccc3cc(O)ccc23)cc1)C(=O)NCl. The largest absolute Gasteiger partial charge is 0.508 e. The fourth-order valence-electron chi connectivity index (χ4n) is 4.82. The summed E-state index contributed by atoms with van der Waals surface area (Å²) < 4.78 is 0. The van der Waals surface area contributed by atoms with Crippen molar-refractivity contribution in [2.24, 2.45) is 0 Å². The van der Waals surface area contributed by atoms with Crippen LogP contribution in [0.4, 0.5) is 10.5 Å². The molecule has 0 radical (unpaired) electrons. The Hall–Kier alpha value is -4.48. The maximum Gasteiger partial charge on any atom is 0.336 e. The maximum absolute atomic E-state index is 12.6. The Bertz CT molecular complexity index is 1600. The molecule has 0 aliphatic carbocycles. The number of fused-ring (bicyclic) bond motifs is 1. The van der Waals surface area contributed by atoms with Gasteiger partial charge in [-0.1, -0.05) is 72.8 Å². The molecule has 5 nitrogen and oxygen atoms in total. The summed E-state index contributed by atoms with van der Waals surface area (Å²) >= 11 is 5.69. The number of rotatable bonds is 6. The summed E-state index contributed by atoms with van der Waals surface area (Å²) in [5.41, 5.74) is 7.06. The maximum atomic E-state index is 12.6. The molecule has 0 bridgehead atoms. The van der Waals surface area contributed by atoms with Gasteiger partial charge < -0.3 is 10.2 Å². The highest BCUT2D eigenvalue weighted by molar-refractivity contribution is 6.23. The smallest absolute Gasteiger partial charge is 0.336 e. The first-order valence-electron chi connectivity index (χ1n) is 12.3. The highest BCUT2D eigenvalue weighted by Crippen LogP contribution is 2.34. The summed E-state index contributed by atoms with van der Waals surface area (Å²) in [5.74, 6) is 0.448. The van der Waals surface area contributed by atoms with Gasteiger partial charge in [0.1, 0.15) is 11.5 Å². The number of halogens is 1. The van der Waals surface area contributed by atoms with Crippen molar-refractivity contribution in [2.45, 2.75) is 19.9 Å². The van der Waals surface area contributed by atoms with Crippen molar-refractivity contribution in [3.05, 3.63) is 125 Å². The van der Waals surface area contributed by atoms with E-state index in [9.17, 15) is 15.0 Å². The zero-order chi connectivity index (χ0) is 26.6. The molecule has 5 rings (SSSR count). The molecule has 3 N–H and O–H groups in total. The van der Waals surface area contributed by atoms with Gasteiger partial charge in [-0.15, -0.1) is 0 Å². The predicted molar refractivity (Wildman–Crippen MR) is 154 cm³/mol. The van der Waals surface area contributed by atoms with E-state index in [0.29, 0.717) is 13.0 Å². The summed E-state index contributed by atoms with van der Waals surface area (Å²) in [6, 6.07) is 32.2. The zero-order valence-corrected chi connectivity index (χ0v) is 21.6. The lowest BCUT2D eigenvalue weighted by Crippen LogP contribution is -2.35. The molecule has 0 aliphatic rings. The number of carbonyl (C=O) groups excluding carboxylic acids is 1. The van der Waals surface area contributed by atoms with Crippen LogP contribution in [0.2, 0.25) is 0 Å². The molecule has 6 heteroatoms. The van der Waals surface area contributed by atoms with E-state index in [-0.39, 0.29) is 17.5 Å². The van der Waals surface area contributed by atoms with Crippen LogP contribution in [0.25, 0.3) is 21.9 Å². The number of phenolic OH excluding ortho intramolecular Hbond substituents is 2. The Balaban J connectivity index is 1.47. The molecule has 5 aromatic carbocycles. The van der Waals surface area contributed by atoms with Crippen LogP contribution in [0.3, 0.4) is 0 Å². The number of aryl methyl sites for hydroxylation is 1. The van der Waals surface area contributed by atoms with E-state index in [4.69, 9.17) is 11.8 Å². The molecule has 0 unspecified atom stereocenters. The zero-order valence-electron chi connectivity index (χ0n) is 20.9. The van der Waals surface area contributed by atoms with Gasteiger partial charge in [0.15, 0.2) is 0 Å². The number of hydrogen-bond acceptors (Lipinski definition) is 3. The van der Waals surface area contributed by atoms with Crippen molar-refractivity contribution < 1.29 is 15.0 Å². The normalized spacial score (nSPS) is 10.9. The third-order valence-electron chi connectivity index (χ3n) is 6.77. The lowest BCUT2D eigenvalue weighted by molar-refractivity contribution is 0.251. The van der Waals surface area contributed by atoms with Crippen LogP contribution in [0.5, 0.6) is 11.5 Å². The van der Waals surface area contributed by atoms with E-state index in [0.717, 1.165) is 49.8 Å². The van der Waals surface area contributed by atoms with Crippen LogP contribution in [0, 0.1) is 6.92 Å². The van der Waals surface area contributed by atoms with Crippen LogP contribution in [0.1, 0.15) is 22.3 Å². The lowest BCUT2D eigenvalue weighted by atomic mass is 9.90. The molecule has 190 valence electrons. The molecule has 0 aromatic heterocycles. The number of para-hydroxylation sites is 1. The highest BCUT2D eigenvalue weighted by atomic mass is 35.5. The van der Waals surface area contributed by atoms with Gasteiger partial charge in [0, 0.05) is 17.5 Å². The number of aromatic hydroxyl groups is 2. The Morgan fingerprint density at radius 2 is 1.50 bits per heavy atom. The van der Waals surface area contributed by atoms with Crippen molar-refractivity contribution in [3.63, 3.8) is 0 Å². The van der Waals surface area contributed by atoms with Crippen LogP contribution >= 0.6 is 11.8 Å². The second kappa shape index (κ2) is 10.9. The van der Waals surface area contributed by atoms with Gasteiger partial charge in [-0.2, -0.15) is 0 Å². The lowest BCUT2D eigenvalue weighted by Gasteiger charge is -2.23. The topological polar surface area (TPSA) is 72.8 Å². The standard InChI is InChI=1S/C32H27ClN2O3/c1-21-4-2-3-5-31(21)35(32(38)34-33)20-23-8-6-22(7-9-23)18-30-28(24-10-13-26(36)14-11-24)16-12-25-19-27(37)15-17-29(25)30/h2-17,19,36-37H,18,20H2,1H3,(H,34,38). The molecule has 0 atom stereocenters. The van der Waals surface area contributed by atoms with E-state index in [2.05, 4.69) is 23.0 Å². The Morgan fingerprint density at radius 3 is 2.21 bits per heavy atom. The number of urea groups is 1. The summed E-state index contributed by atoms with van der Waals surface area (Å²) in [4.78, 5) is 16.4. The minimum atomic E-state index is -0.386. The number of benzene rings is 5. The van der Waals surface area contributed by atoms with Gasteiger partial charge >= 0.3 is 6.03 Å². The first-order chi connectivity index (χ1) is 18.4. The number of amides is 2. The number of anilines is 1. The van der Waals surface area contributed by atoms with Crippen molar-refractivity contribution in [1.82, 2.24) is 4.84 Å². The van der Waals surface area contributed by atoms with Crippen LogP contribution in [0.15, 0.2) is 103 Å². The second-order valence-corrected chi connectivity index (χ2v) is 9.50. The van der Waals surface area contributed by atoms with Crippen LogP contribution < -0.4 is 9.74 Å². The number of hydrogen-bond donors (Lipinski definition) is 3. The number of phenols is 2. The monoisotopic (exact) mass is 522 g/mol. The molecule has 0 saturated carbocycles. The van der Waals surface area contributed by atoms with Crippen molar-refractivity contribution in [2.75, 3.05) is 4.90 Å². The van der Waals surface area contributed by atoms with E-state index in [1.807, 2.05) is 67.6 Å². The van der Waals surface area contributed by atoms with Crippen molar-refractivity contribution in [3.8, 4) is 22.6 Å². The van der Waals surface area contributed by atoms with E-state index in [1.54, 1.807) is 29.2 Å². The van der Waals surface area contributed by atoms with E-state index in [1.165, 1.54) is 0 Å². The van der Waals surface area contributed by atoms with Gasteiger partial charge in [-0.05, 0) is 87.8 Å². The molecule has 38 heavy (non-hydrogen) atoms. The van der Waals surface area contributed by atoms with E-state index >= 15 is 0 Å². The van der Waals surface area contributed by atoms with Gasteiger partial charge in [0.25, 0.3) is 0 Å².